The predicted octanol–water partition coefficient (Wildman–Crippen LogP) is 1.74. The van der Waals surface area contributed by atoms with Crippen LogP contribution in [0.5, 0.6) is 0 Å². The van der Waals surface area contributed by atoms with Crippen molar-refractivity contribution in [2.75, 3.05) is 25.0 Å². The van der Waals surface area contributed by atoms with E-state index in [2.05, 4.69) is 17.2 Å². The van der Waals surface area contributed by atoms with Crippen LogP contribution in [0.1, 0.15) is 25.7 Å². The summed E-state index contributed by atoms with van der Waals surface area (Å²) in [7, 11) is -3.55. The van der Waals surface area contributed by atoms with Crippen LogP contribution in [0.15, 0.2) is 41.8 Å². The number of carbonyl (C=O) groups excluding carboxylic acids is 2. The molecule has 2 aliphatic rings. The number of piperidine rings is 1. The van der Waals surface area contributed by atoms with Crippen molar-refractivity contribution >= 4 is 27.5 Å². The molecule has 2 N–H and O–H groups in total. The average molecular weight is 391 g/mol. The first kappa shape index (κ1) is 19.6. The molecule has 2 amide bonds. The molecule has 0 spiro atoms. The molecule has 1 saturated carbocycles. The number of benzene rings is 1. The fourth-order valence-corrected chi connectivity index (χ4v) is 4.59. The number of carbonyl (C=O) groups is 2. The first-order valence-electron chi connectivity index (χ1n) is 9.21. The molecule has 7 nitrogen and oxygen atoms in total. The van der Waals surface area contributed by atoms with E-state index in [1.165, 1.54) is 22.5 Å². The van der Waals surface area contributed by atoms with Crippen molar-refractivity contribution in [3.05, 3.63) is 36.9 Å². The third-order valence-corrected chi connectivity index (χ3v) is 6.94. The maximum atomic E-state index is 12.8. The first-order valence-corrected chi connectivity index (χ1v) is 10.7. The normalized spacial score (nSPS) is 18.7. The summed E-state index contributed by atoms with van der Waals surface area (Å²) in [5.74, 6) is 0.154. The number of nitrogens with zero attached hydrogens (tertiary/aromatic N) is 1. The van der Waals surface area contributed by atoms with Gasteiger partial charge in [0.2, 0.25) is 21.8 Å². The molecular weight excluding hydrogens is 366 g/mol. The van der Waals surface area contributed by atoms with Gasteiger partial charge < -0.3 is 10.6 Å². The Kier molecular flexibility index (Phi) is 5.96. The molecule has 3 rings (SSSR count). The van der Waals surface area contributed by atoms with E-state index in [-0.39, 0.29) is 28.5 Å². The van der Waals surface area contributed by atoms with E-state index >= 15 is 0 Å². The summed E-state index contributed by atoms with van der Waals surface area (Å²) < 4.78 is 27.1. The number of hydrogen-bond donors (Lipinski definition) is 2. The Hall–Kier alpha value is -2.19. The highest BCUT2D eigenvalue weighted by molar-refractivity contribution is 7.89. The van der Waals surface area contributed by atoms with Gasteiger partial charge in [0.15, 0.2) is 0 Å². The number of anilines is 1. The van der Waals surface area contributed by atoms with Crippen molar-refractivity contribution in [3.8, 4) is 0 Å². The molecule has 8 heteroatoms. The Labute approximate surface area is 159 Å². The Bertz CT molecular complexity index is 808. The first-order chi connectivity index (χ1) is 12.9. The van der Waals surface area contributed by atoms with Crippen molar-refractivity contribution < 1.29 is 18.0 Å². The standard InChI is InChI=1S/C19H25N3O4S/c1-2-18(23)20-13-14-9-11-22(12-10-14)27(25,26)17-7-5-16(6-8-17)21-19(24)15-3-4-15/h2,5-8,14-15H,1,3-4,9-13H2,(H,20,23)(H,21,24). The van der Waals surface area contributed by atoms with Crippen molar-refractivity contribution in [2.24, 2.45) is 11.8 Å². The van der Waals surface area contributed by atoms with Gasteiger partial charge in [-0.15, -0.1) is 0 Å². The Balaban J connectivity index is 1.55. The monoisotopic (exact) mass is 391 g/mol. The molecule has 1 aliphatic carbocycles. The van der Waals surface area contributed by atoms with Crippen molar-refractivity contribution in [1.82, 2.24) is 9.62 Å². The molecular formula is C19H25N3O4S. The van der Waals surface area contributed by atoms with Crippen LogP contribution in [0.4, 0.5) is 5.69 Å². The molecule has 27 heavy (non-hydrogen) atoms. The molecule has 1 aliphatic heterocycles. The van der Waals surface area contributed by atoms with Crippen molar-refractivity contribution in [2.45, 2.75) is 30.6 Å². The average Bonchev–Trinajstić information content (AvgIpc) is 3.52. The van der Waals surface area contributed by atoms with Gasteiger partial charge in [-0.25, -0.2) is 8.42 Å². The number of hydrogen-bond acceptors (Lipinski definition) is 4. The van der Waals surface area contributed by atoms with E-state index in [0.29, 0.717) is 38.2 Å². The molecule has 0 bridgehead atoms. The maximum Gasteiger partial charge on any atom is 0.243 e. The third kappa shape index (κ3) is 4.95. The fourth-order valence-electron chi connectivity index (χ4n) is 3.12. The van der Waals surface area contributed by atoms with Gasteiger partial charge in [-0.05, 0) is 61.9 Å². The van der Waals surface area contributed by atoms with Gasteiger partial charge >= 0.3 is 0 Å². The number of rotatable bonds is 7. The summed E-state index contributed by atoms with van der Waals surface area (Å²) in [4.78, 5) is 23.2. The van der Waals surface area contributed by atoms with Crippen LogP contribution in [0, 0.1) is 11.8 Å². The van der Waals surface area contributed by atoms with Crippen LogP contribution in [-0.2, 0) is 19.6 Å². The second-order valence-corrected chi connectivity index (χ2v) is 9.02. The molecule has 0 aromatic heterocycles. The minimum Gasteiger partial charge on any atom is -0.352 e. The zero-order chi connectivity index (χ0) is 19.4. The fraction of sp³-hybridized carbons (Fsp3) is 0.474. The lowest BCUT2D eigenvalue weighted by atomic mass is 9.98. The molecule has 1 heterocycles. The third-order valence-electron chi connectivity index (χ3n) is 5.03. The van der Waals surface area contributed by atoms with Gasteiger partial charge in [0.25, 0.3) is 0 Å². The largest absolute Gasteiger partial charge is 0.352 e. The van der Waals surface area contributed by atoms with E-state index in [9.17, 15) is 18.0 Å². The molecule has 0 atom stereocenters. The van der Waals surface area contributed by atoms with Gasteiger partial charge in [-0.3, -0.25) is 9.59 Å². The molecule has 1 aromatic carbocycles. The summed E-state index contributed by atoms with van der Waals surface area (Å²) in [6.07, 6.45) is 4.48. The van der Waals surface area contributed by atoms with Crippen LogP contribution < -0.4 is 10.6 Å². The highest BCUT2D eigenvalue weighted by atomic mass is 32.2. The SMILES string of the molecule is C=CC(=O)NCC1CCN(S(=O)(=O)c2ccc(NC(=O)C3CC3)cc2)CC1. The lowest BCUT2D eigenvalue weighted by Gasteiger charge is -2.31. The Morgan fingerprint density at radius 3 is 2.30 bits per heavy atom. The second kappa shape index (κ2) is 8.22. The zero-order valence-electron chi connectivity index (χ0n) is 15.2. The van der Waals surface area contributed by atoms with Crippen molar-refractivity contribution in [3.63, 3.8) is 0 Å². The van der Waals surface area contributed by atoms with Gasteiger partial charge in [-0.2, -0.15) is 4.31 Å². The summed E-state index contributed by atoms with van der Waals surface area (Å²) >= 11 is 0. The zero-order valence-corrected chi connectivity index (χ0v) is 16.0. The minimum atomic E-state index is -3.55. The highest BCUT2D eigenvalue weighted by Crippen LogP contribution is 2.30. The van der Waals surface area contributed by atoms with Gasteiger partial charge in [0, 0.05) is 31.2 Å². The van der Waals surface area contributed by atoms with E-state index in [0.717, 1.165) is 12.8 Å². The van der Waals surface area contributed by atoms with Gasteiger partial charge in [0.1, 0.15) is 0 Å². The van der Waals surface area contributed by atoms with Gasteiger partial charge in [0.05, 0.1) is 4.90 Å². The quantitative estimate of drug-likeness (QED) is 0.692. The molecule has 0 unspecified atom stereocenters. The smallest absolute Gasteiger partial charge is 0.243 e. The highest BCUT2D eigenvalue weighted by Gasteiger charge is 2.31. The van der Waals surface area contributed by atoms with Crippen LogP contribution in [0.3, 0.4) is 0 Å². The van der Waals surface area contributed by atoms with E-state index in [4.69, 9.17) is 0 Å². The lowest BCUT2D eigenvalue weighted by Crippen LogP contribution is -2.41. The second-order valence-electron chi connectivity index (χ2n) is 7.08. The maximum absolute atomic E-state index is 12.8. The van der Waals surface area contributed by atoms with E-state index < -0.39 is 10.0 Å². The van der Waals surface area contributed by atoms with Crippen LogP contribution in [0.25, 0.3) is 0 Å². The van der Waals surface area contributed by atoms with Crippen LogP contribution in [-0.4, -0.2) is 44.2 Å². The van der Waals surface area contributed by atoms with E-state index in [1.54, 1.807) is 12.1 Å². The summed E-state index contributed by atoms with van der Waals surface area (Å²) in [6, 6.07) is 6.33. The van der Waals surface area contributed by atoms with E-state index in [1.807, 2.05) is 0 Å². The lowest BCUT2D eigenvalue weighted by molar-refractivity contribution is -0.117. The molecule has 2 fully saturated rings. The van der Waals surface area contributed by atoms with Crippen LogP contribution in [0.2, 0.25) is 0 Å². The molecule has 0 radical (unpaired) electrons. The topological polar surface area (TPSA) is 95.6 Å². The molecule has 1 saturated heterocycles. The van der Waals surface area contributed by atoms with Crippen molar-refractivity contribution in [1.29, 1.82) is 0 Å². The minimum absolute atomic E-state index is 0.00350. The van der Waals surface area contributed by atoms with Crippen LogP contribution >= 0.6 is 0 Å². The molecule has 146 valence electrons. The number of nitrogens with one attached hydrogen (secondary N) is 2. The molecule has 1 aromatic rings. The number of sulfonamides is 1. The summed E-state index contributed by atoms with van der Waals surface area (Å²) in [5.41, 5.74) is 0.613. The Morgan fingerprint density at radius 2 is 1.74 bits per heavy atom. The van der Waals surface area contributed by atoms with Gasteiger partial charge in [-0.1, -0.05) is 6.58 Å². The summed E-state index contributed by atoms with van der Waals surface area (Å²) in [5, 5.41) is 5.57. The summed E-state index contributed by atoms with van der Waals surface area (Å²) in [6.45, 7) is 4.80. The number of amides is 2. The Morgan fingerprint density at radius 1 is 1.11 bits per heavy atom. The predicted molar refractivity (Wildman–Crippen MR) is 102 cm³/mol.